The number of nitrogens with one attached hydrogen (secondary N) is 1. The zero-order valence-corrected chi connectivity index (χ0v) is 18.8. The standard InChI is InChI=1S/C25H29N3O2S/c1-25(24(30)26-19-10-4-2-3-5-11-19)17-27-21-13-7-6-9-18(21)15-22(27)23(29)28(25)16-20-12-8-14-31-20/h6-9,12-15,19H,2-5,10-11,16-17H2,1H3,(H,26,30)/t25-/m1/s1. The lowest BCUT2D eigenvalue weighted by Crippen LogP contribution is -2.64. The van der Waals surface area contributed by atoms with E-state index in [9.17, 15) is 9.59 Å². The van der Waals surface area contributed by atoms with E-state index in [0.717, 1.165) is 41.5 Å². The summed E-state index contributed by atoms with van der Waals surface area (Å²) in [5.41, 5.74) is 0.731. The van der Waals surface area contributed by atoms with Gasteiger partial charge in [-0.1, -0.05) is 49.9 Å². The minimum absolute atomic E-state index is 0.0345. The van der Waals surface area contributed by atoms with Crippen LogP contribution in [0, 0.1) is 0 Å². The zero-order chi connectivity index (χ0) is 21.4. The first kappa shape index (κ1) is 20.3. The smallest absolute Gasteiger partial charge is 0.271 e. The third kappa shape index (κ3) is 3.67. The average molecular weight is 436 g/mol. The summed E-state index contributed by atoms with van der Waals surface area (Å²) in [4.78, 5) is 30.3. The predicted octanol–water partition coefficient (Wildman–Crippen LogP) is 4.96. The molecule has 0 bridgehead atoms. The van der Waals surface area contributed by atoms with Crippen LogP contribution in [0.15, 0.2) is 47.8 Å². The Morgan fingerprint density at radius 1 is 1.13 bits per heavy atom. The SMILES string of the molecule is C[C@]1(C(=O)NC2CCCCCC2)Cn2c(cc3ccccc32)C(=O)N1Cc1cccs1. The summed E-state index contributed by atoms with van der Waals surface area (Å²) in [6.45, 7) is 2.85. The number of rotatable bonds is 4. The van der Waals surface area contributed by atoms with Crippen LogP contribution < -0.4 is 5.32 Å². The highest BCUT2D eigenvalue weighted by atomic mass is 32.1. The molecule has 31 heavy (non-hydrogen) atoms. The van der Waals surface area contributed by atoms with Gasteiger partial charge in [-0.2, -0.15) is 0 Å². The number of aromatic nitrogens is 1. The molecule has 1 fully saturated rings. The Morgan fingerprint density at radius 2 is 1.90 bits per heavy atom. The number of carbonyl (C=O) groups excluding carboxylic acids is 2. The Morgan fingerprint density at radius 3 is 2.65 bits per heavy atom. The molecule has 1 N–H and O–H groups in total. The van der Waals surface area contributed by atoms with E-state index in [4.69, 9.17) is 0 Å². The lowest BCUT2D eigenvalue weighted by molar-refractivity contribution is -0.134. The minimum atomic E-state index is -0.942. The molecule has 3 aromatic rings. The predicted molar refractivity (Wildman–Crippen MR) is 124 cm³/mol. The summed E-state index contributed by atoms with van der Waals surface area (Å²) in [5, 5.41) is 6.38. The molecule has 2 amide bonds. The molecule has 0 radical (unpaired) electrons. The van der Waals surface area contributed by atoms with Crippen LogP contribution in [-0.4, -0.2) is 32.9 Å². The maximum Gasteiger partial charge on any atom is 0.271 e. The Hall–Kier alpha value is -2.60. The molecule has 1 saturated carbocycles. The Balaban J connectivity index is 1.53. The normalized spacial score (nSPS) is 22.4. The summed E-state index contributed by atoms with van der Waals surface area (Å²) < 4.78 is 2.04. The van der Waals surface area contributed by atoms with Crippen LogP contribution in [0.3, 0.4) is 0 Å². The molecule has 1 aliphatic carbocycles. The van der Waals surface area contributed by atoms with Gasteiger partial charge < -0.3 is 14.8 Å². The van der Waals surface area contributed by atoms with Crippen LogP contribution >= 0.6 is 11.3 Å². The first-order chi connectivity index (χ1) is 15.1. The number of carbonyl (C=O) groups is 2. The van der Waals surface area contributed by atoms with Crippen molar-refractivity contribution in [1.29, 1.82) is 0 Å². The number of amides is 2. The number of hydrogen-bond acceptors (Lipinski definition) is 3. The fourth-order valence-electron chi connectivity index (χ4n) is 5.08. The maximum absolute atomic E-state index is 13.7. The van der Waals surface area contributed by atoms with Gasteiger partial charge in [-0.15, -0.1) is 11.3 Å². The van der Waals surface area contributed by atoms with Gasteiger partial charge in [0.15, 0.2) is 0 Å². The molecule has 0 saturated heterocycles. The van der Waals surface area contributed by atoms with E-state index in [0.29, 0.717) is 18.8 Å². The third-order valence-electron chi connectivity index (χ3n) is 6.91. The fraction of sp³-hybridized carbons (Fsp3) is 0.440. The third-order valence-corrected chi connectivity index (χ3v) is 7.77. The lowest BCUT2D eigenvalue weighted by atomic mass is 9.93. The van der Waals surface area contributed by atoms with Crippen molar-refractivity contribution in [1.82, 2.24) is 14.8 Å². The Bertz CT molecular complexity index is 1100. The van der Waals surface area contributed by atoms with E-state index in [1.807, 2.05) is 59.3 Å². The first-order valence-electron chi connectivity index (χ1n) is 11.3. The topological polar surface area (TPSA) is 54.3 Å². The van der Waals surface area contributed by atoms with Crippen molar-refractivity contribution < 1.29 is 9.59 Å². The number of nitrogens with zero attached hydrogens (tertiary/aromatic N) is 2. The molecule has 1 aliphatic heterocycles. The molecule has 6 heteroatoms. The monoisotopic (exact) mass is 435 g/mol. The van der Waals surface area contributed by atoms with Gasteiger partial charge in [-0.05, 0) is 43.3 Å². The van der Waals surface area contributed by atoms with E-state index in [1.165, 1.54) is 12.8 Å². The molecular formula is C25H29N3O2S. The van der Waals surface area contributed by atoms with Crippen molar-refractivity contribution in [3.8, 4) is 0 Å². The molecule has 0 spiro atoms. The molecular weight excluding hydrogens is 406 g/mol. The van der Waals surface area contributed by atoms with Gasteiger partial charge in [-0.3, -0.25) is 9.59 Å². The van der Waals surface area contributed by atoms with Crippen LogP contribution in [0.5, 0.6) is 0 Å². The summed E-state index contributed by atoms with van der Waals surface area (Å²) in [6.07, 6.45) is 6.85. The van der Waals surface area contributed by atoms with E-state index in [1.54, 1.807) is 16.2 Å². The Labute approximate surface area is 187 Å². The Kier molecular flexibility index (Phi) is 5.34. The van der Waals surface area contributed by atoms with E-state index in [-0.39, 0.29) is 17.9 Å². The second kappa shape index (κ2) is 8.15. The fourth-order valence-corrected chi connectivity index (χ4v) is 5.77. The van der Waals surface area contributed by atoms with Crippen molar-refractivity contribution in [2.75, 3.05) is 0 Å². The summed E-state index contributed by atoms with van der Waals surface area (Å²) in [5.74, 6) is -0.109. The minimum Gasteiger partial charge on any atom is -0.351 e. The second-order valence-electron chi connectivity index (χ2n) is 9.08. The van der Waals surface area contributed by atoms with Crippen molar-refractivity contribution in [3.05, 3.63) is 58.4 Å². The van der Waals surface area contributed by atoms with Gasteiger partial charge in [0, 0.05) is 21.8 Å². The van der Waals surface area contributed by atoms with Gasteiger partial charge in [-0.25, -0.2) is 0 Å². The highest BCUT2D eigenvalue weighted by Crippen LogP contribution is 2.34. The molecule has 0 unspecified atom stereocenters. The van der Waals surface area contributed by atoms with E-state index < -0.39 is 5.54 Å². The van der Waals surface area contributed by atoms with Crippen LogP contribution in [0.4, 0.5) is 0 Å². The molecule has 1 atom stereocenters. The molecule has 5 rings (SSSR count). The van der Waals surface area contributed by atoms with Crippen LogP contribution in [0.2, 0.25) is 0 Å². The number of para-hydroxylation sites is 1. The van der Waals surface area contributed by atoms with Gasteiger partial charge in [0.25, 0.3) is 5.91 Å². The van der Waals surface area contributed by atoms with Gasteiger partial charge in [0.2, 0.25) is 5.91 Å². The number of benzene rings is 1. The number of fused-ring (bicyclic) bond motifs is 3. The summed E-state index contributed by atoms with van der Waals surface area (Å²) in [7, 11) is 0. The van der Waals surface area contributed by atoms with E-state index in [2.05, 4.69) is 5.32 Å². The number of thiophene rings is 1. The van der Waals surface area contributed by atoms with Gasteiger partial charge in [0.1, 0.15) is 11.2 Å². The molecule has 2 aromatic heterocycles. The van der Waals surface area contributed by atoms with E-state index >= 15 is 0 Å². The largest absolute Gasteiger partial charge is 0.351 e. The molecule has 2 aliphatic rings. The van der Waals surface area contributed by atoms with Crippen LogP contribution in [0.1, 0.15) is 60.8 Å². The van der Waals surface area contributed by atoms with Gasteiger partial charge in [0.05, 0.1) is 13.1 Å². The van der Waals surface area contributed by atoms with Crippen molar-refractivity contribution in [3.63, 3.8) is 0 Å². The quantitative estimate of drug-likeness (QED) is 0.589. The molecule has 162 valence electrons. The van der Waals surface area contributed by atoms with Crippen molar-refractivity contribution >= 4 is 34.1 Å². The lowest BCUT2D eigenvalue weighted by Gasteiger charge is -2.44. The van der Waals surface area contributed by atoms with Crippen LogP contribution in [-0.2, 0) is 17.9 Å². The highest BCUT2D eigenvalue weighted by molar-refractivity contribution is 7.09. The molecule has 5 nitrogen and oxygen atoms in total. The summed E-state index contributed by atoms with van der Waals surface area (Å²) in [6, 6.07) is 14.2. The number of hydrogen-bond donors (Lipinski definition) is 1. The first-order valence-corrected chi connectivity index (χ1v) is 12.2. The molecule has 1 aromatic carbocycles. The van der Waals surface area contributed by atoms with Crippen molar-refractivity contribution in [2.45, 2.75) is 70.1 Å². The second-order valence-corrected chi connectivity index (χ2v) is 10.1. The van der Waals surface area contributed by atoms with Crippen LogP contribution in [0.25, 0.3) is 10.9 Å². The van der Waals surface area contributed by atoms with Gasteiger partial charge >= 0.3 is 0 Å². The van der Waals surface area contributed by atoms with Crippen molar-refractivity contribution in [2.24, 2.45) is 0 Å². The summed E-state index contributed by atoms with van der Waals surface area (Å²) >= 11 is 1.62. The zero-order valence-electron chi connectivity index (χ0n) is 18.0. The molecule has 3 heterocycles. The maximum atomic E-state index is 13.7. The average Bonchev–Trinajstić information content (AvgIpc) is 3.33. The highest BCUT2D eigenvalue weighted by Gasteiger charge is 2.48.